The monoisotopic (exact) mass is 312 g/mol. The van der Waals surface area contributed by atoms with Gasteiger partial charge in [0.25, 0.3) is 0 Å². The number of halogens is 4. The van der Waals surface area contributed by atoms with Crippen LogP contribution in [0.2, 0.25) is 20.1 Å². The predicted octanol–water partition coefficient (Wildman–Crippen LogP) is 6.03. The summed E-state index contributed by atoms with van der Waals surface area (Å²) in [6.45, 7) is 7.67. The first-order valence-electron chi connectivity index (χ1n) is 4.97. The molecule has 0 aromatic heterocycles. The molecule has 0 saturated carbocycles. The third-order valence-electron chi connectivity index (χ3n) is 2.03. The standard InChI is InChI=1S/C12H12Cl4O/c1-6(2)4-7(3)17-9-5-8(13)10(14)12(16)11(9)15/h5,7H,1,4H2,2-3H3. The van der Waals surface area contributed by atoms with Crippen molar-refractivity contribution in [3.05, 3.63) is 38.3 Å². The van der Waals surface area contributed by atoms with Gasteiger partial charge in [-0.1, -0.05) is 52.0 Å². The Hall–Kier alpha value is -0.0800. The van der Waals surface area contributed by atoms with Gasteiger partial charge in [-0.25, -0.2) is 0 Å². The van der Waals surface area contributed by atoms with Gasteiger partial charge in [0.15, 0.2) is 0 Å². The van der Waals surface area contributed by atoms with Crippen LogP contribution in [0.15, 0.2) is 18.2 Å². The minimum absolute atomic E-state index is 0.0571. The van der Waals surface area contributed by atoms with Crippen LogP contribution in [0.1, 0.15) is 20.3 Å². The normalized spacial score (nSPS) is 12.4. The molecule has 1 aromatic carbocycles. The molecule has 0 bridgehead atoms. The fourth-order valence-electron chi connectivity index (χ4n) is 1.39. The molecule has 1 rings (SSSR count). The van der Waals surface area contributed by atoms with Gasteiger partial charge >= 0.3 is 0 Å². The van der Waals surface area contributed by atoms with Crippen LogP contribution in [-0.2, 0) is 0 Å². The van der Waals surface area contributed by atoms with Gasteiger partial charge in [0.1, 0.15) is 10.8 Å². The van der Waals surface area contributed by atoms with Crippen molar-refractivity contribution in [2.45, 2.75) is 26.4 Å². The third kappa shape index (κ3) is 3.96. The van der Waals surface area contributed by atoms with Crippen molar-refractivity contribution in [2.75, 3.05) is 0 Å². The smallest absolute Gasteiger partial charge is 0.141 e. The van der Waals surface area contributed by atoms with Gasteiger partial charge in [-0.3, -0.25) is 0 Å². The summed E-state index contributed by atoms with van der Waals surface area (Å²) in [5, 5.41) is 1.03. The molecule has 0 N–H and O–H groups in total. The average Bonchev–Trinajstić information content (AvgIpc) is 2.21. The van der Waals surface area contributed by atoms with Gasteiger partial charge < -0.3 is 4.74 Å². The maximum atomic E-state index is 6.03. The van der Waals surface area contributed by atoms with Crippen molar-refractivity contribution >= 4 is 46.4 Å². The summed E-state index contributed by atoms with van der Waals surface area (Å²) in [7, 11) is 0. The number of benzene rings is 1. The van der Waals surface area contributed by atoms with Crippen molar-refractivity contribution in [1.82, 2.24) is 0 Å². The molecule has 0 radical (unpaired) electrons. The van der Waals surface area contributed by atoms with E-state index in [1.165, 1.54) is 0 Å². The first-order valence-corrected chi connectivity index (χ1v) is 6.48. The van der Waals surface area contributed by atoms with Crippen molar-refractivity contribution in [2.24, 2.45) is 0 Å². The maximum Gasteiger partial charge on any atom is 0.141 e. The van der Waals surface area contributed by atoms with E-state index in [9.17, 15) is 0 Å². The van der Waals surface area contributed by atoms with Crippen LogP contribution in [0, 0.1) is 0 Å². The Morgan fingerprint density at radius 1 is 1.24 bits per heavy atom. The molecular weight excluding hydrogens is 302 g/mol. The fourth-order valence-corrected chi connectivity index (χ4v) is 2.21. The summed E-state index contributed by atoms with van der Waals surface area (Å²) >= 11 is 23.7. The van der Waals surface area contributed by atoms with Crippen LogP contribution in [0.3, 0.4) is 0 Å². The molecule has 0 aliphatic carbocycles. The SMILES string of the molecule is C=C(C)CC(C)Oc1cc(Cl)c(Cl)c(Cl)c1Cl. The zero-order valence-electron chi connectivity index (χ0n) is 9.49. The molecule has 0 saturated heterocycles. The molecule has 0 fully saturated rings. The van der Waals surface area contributed by atoms with E-state index in [0.717, 1.165) is 12.0 Å². The van der Waals surface area contributed by atoms with Crippen molar-refractivity contribution in [1.29, 1.82) is 0 Å². The van der Waals surface area contributed by atoms with Gasteiger partial charge in [0, 0.05) is 12.5 Å². The van der Waals surface area contributed by atoms with E-state index in [1.807, 2.05) is 13.8 Å². The summed E-state index contributed by atoms with van der Waals surface area (Å²) < 4.78 is 5.65. The van der Waals surface area contributed by atoms with Gasteiger partial charge in [-0.05, 0) is 13.8 Å². The van der Waals surface area contributed by atoms with Gasteiger partial charge in [0.05, 0.1) is 21.2 Å². The molecule has 0 spiro atoms. The Labute approximate surface area is 121 Å². The number of rotatable bonds is 4. The van der Waals surface area contributed by atoms with Gasteiger partial charge in [-0.2, -0.15) is 0 Å². The maximum absolute atomic E-state index is 6.03. The topological polar surface area (TPSA) is 9.23 Å². The second-order valence-electron chi connectivity index (χ2n) is 3.89. The van der Waals surface area contributed by atoms with Crippen LogP contribution in [-0.4, -0.2) is 6.10 Å². The summed E-state index contributed by atoms with van der Waals surface area (Å²) in [6.07, 6.45) is 0.673. The van der Waals surface area contributed by atoms with E-state index < -0.39 is 0 Å². The van der Waals surface area contributed by atoms with Crippen molar-refractivity contribution < 1.29 is 4.74 Å². The Morgan fingerprint density at radius 3 is 2.35 bits per heavy atom. The lowest BCUT2D eigenvalue weighted by Gasteiger charge is -2.17. The second-order valence-corrected chi connectivity index (χ2v) is 5.43. The molecule has 1 unspecified atom stereocenters. The van der Waals surface area contributed by atoms with Crippen LogP contribution in [0.5, 0.6) is 5.75 Å². The van der Waals surface area contributed by atoms with E-state index in [1.54, 1.807) is 6.07 Å². The van der Waals surface area contributed by atoms with E-state index in [-0.39, 0.29) is 21.2 Å². The first-order chi connectivity index (χ1) is 7.82. The lowest BCUT2D eigenvalue weighted by atomic mass is 10.2. The summed E-state index contributed by atoms with van der Waals surface area (Å²) in [4.78, 5) is 0. The van der Waals surface area contributed by atoms with Crippen molar-refractivity contribution in [3.8, 4) is 5.75 Å². The highest BCUT2D eigenvalue weighted by atomic mass is 35.5. The zero-order valence-corrected chi connectivity index (χ0v) is 12.5. The van der Waals surface area contributed by atoms with Gasteiger partial charge in [0.2, 0.25) is 0 Å². The molecule has 1 nitrogen and oxygen atoms in total. The summed E-state index contributed by atoms with van der Waals surface area (Å²) in [6, 6.07) is 1.56. The fraction of sp³-hybridized carbons (Fsp3) is 0.333. The van der Waals surface area contributed by atoms with Crippen LogP contribution in [0.4, 0.5) is 0 Å². The third-order valence-corrected chi connectivity index (χ3v) is 3.77. The first kappa shape index (κ1) is 15.0. The van der Waals surface area contributed by atoms with E-state index >= 15 is 0 Å². The zero-order chi connectivity index (χ0) is 13.2. The van der Waals surface area contributed by atoms with E-state index in [0.29, 0.717) is 10.8 Å². The molecule has 0 aliphatic heterocycles. The summed E-state index contributed by atoms with van der Waals surface area (Å²) in [5.41, 5.74) is 1.03. The molecule has 1 atom stereocenters. The highest BCUT2D eigenvalue weighted by Gasteiger charge is 2.16. The Kier molecular flexibility index (Phi) is 5.46. The largest absolute Gasteiger partial charge is 0.489 e. The molecule has 1 aromatic rings. The predicted molar refractivity (Wildman–Crippen MR) is 76.0 cm³/mol. The summed E-state index contributed by atoms with van der Waals surface area (Å²) in [5.74, 6) is 0.430. The highest BCUT2D eigenvalue weighted by Crippen LogP contribution is 2.42. The molecule has 0 amide bonds. The lowest BCUT2D eigenvalue weighted by molar-refractivity contribution is 0.222. The highest BCUT2D eigenvalue weighted by molar-refractivity contribution is 6.52. The van der Waals surface area contributed by atoms with E-state index in [4.69, 9.17) is 51.1 Å². The number of ether oxygens (including phenoxy) is 1. The molecule has 17 heavy (non-hydrogen) atoms. The van der Waals surface area contributed by atoms with E-state index in [2.05, 4.69) is 6.58 Å². The van der Waals surface area contributed by atoms with Crippen LogP contribution in [0.25, 0.3) is 0 Å². The second kappa shape index (κ2) is 6.19. The molecule has 0 heterocycles. The molecular formula is C12H12Cl4O. The Balaban J connectivity index is 2.96. The molecule has 0 aliphatic rings. The average molecular weight is 314 g/mol. The molecule has 5 heteroatoms. The van der Waals surface area contributed by atoms with Crippen LogP contribution < -0.4 is 4.74 Å². The van der Waals surface area contributed by atoms with Crippen molar-refractivity contribution in [3.63, 3.8) is 0 Å². The Bertz CT molecular complexity index is 443. The van der Waals surface area contributed by atoms with Gasteiger partial charge in [-0.15, -0.1) is 6.58 Å². The minimum atomic E-state index is -0.0571. The number of hydrogen-bond donors (Lipinski definition) is 0. The molecule has 94 valence electrons. The minimum Gasteiger partial charge on any atom is -0.489 e. The number of hydrogen-bond acceptors (Lipinski definition) is 1. The lowest BCUT2D eigenvalue weighted by Crippen LogP contribution is -2.12. The quantitative estimate of drug-likeness (QED) is 0.374. The van der Waals surface area contributed by atoms with Crippen LogP contribution >= 0.6 is 46.4 Å². The Morgan fingerprint density at radius 2 is 1.82 bits per heavy atom.